The van der Waals surface area contributed by atoms with Crippen LogP contribution in [0.2, 0.25) is 0 Å². The summed E-state index contributed by atoms with van der Waals surface area (Å²) in [4.78, 5) is 7.25. The zero-order valence-electron chi connectivity index (χ0n) is 11.4. The first-order valence-corrected chi connectivity index (χ1v) is 7.88. The number of thiazole rings is 1. The van der Waals surface area contributed by atoms with Crippen LogP contribution in [0.3, 0.4) is 0 Å². The van der Waals surface area contributed by atoms with Crippen molar-refractivity contribution in [2.24, 2.45) is 0 Å². The molecule has 1 aliphatic heterocycles. The fraction of sp³-hybridized carbons (Fsp3) is 0.786. The molecule has 0 radical (unpaired) electrons. The van der Waals surface area contributed by atoms with Crippen LogP contribution in [0.5, 0.6) is 0 Å². The molecule has 0 saturated carbocycles. The second kappa shape index (κ2) is 6.64. The Morgan fingerprint density at radius 2 is 2.39 bits per heavy atom. The topological polar surface area (TPSA) is 36.4 Å². The lowest BCUT2D eigenvalue weighted by Crippen LogP contribution is -2.29. The van der Waals surface area contributed by atoms with Crippen molar-refractivity contribution >= 4 is 11.3 Å². The molecule has 1 N–H and O–H groups in total. The summed E-state index contributed by atoms with van der Waals surface area (Å²) in [6.07, 6.45) is 4.62. The van der Waals surface area contributed by atoms with Crippen LogP contribution in [0.25, 0.3) is 0 Å². The molecule has 1 saturated heterocycles. The molecule has 1 aromatic rings. The van der Waals surface area contributed by atoms with Crippen LogP contribution in [0, 0.1) is 0 Å². The molecule has 2 rings (SSSR count). The number of hydrogen-bond acceptors (Lipinski definition) is 4. The molecule has 18 heavy (non-hydrogen) atoms. The smallest absolute Gasteiger partial charge is 0.0954 e. The van der Waals surface area contributed by atoms with Gasteiger partial charge in [0.2, 0.25) is 0 Å². The van der Waals surface area contributed by atoms with E-state index >= 15 is 0 Å². The molecule has 0 bridgehead atoms. The van der Waals surface area contributed by atoms with Crippen LogP contribution in [0.15, 0.2) is 5.38 Å². The average Bonchev–Trinajstić information content (AvgIpc) is 2.96. The van der Waals surface area contributed by atoms with Crippen molar-refractivity contribution in [3.05, 3.63) is 16.1 Å². The van der Waals surface area contributed by atoms with Gasteiger partial charge in [0.15, 0.2) is 0 Å². The van der Waals surface area contributed by atoms with Gasteiger partial charge in [-0.2, -0.15) is 0 Å². The minimum absolute atomic E-state index is 0.318. The second-order valence-corrected chi connectivity index (χ2v) is 6.35. The minimum Gasteiger partial charge on any atom is -0.396 e. The Morgan fingerprint density at radius 3 is 3.06 bits per heavy atom. The highest BCUT2D eigenvalue weighted by atomic mass is 32.1. The highest BCUT2D eigenvalue weighted by Crippen LogP contribution is 2.25. The second-order valence-electron chi connectivity index (χ2n) is 5.46. The number of hydrogen-bond donors (Lipinski definition) is 1. The predicted octanol–water partition coefficient (Wildman–Crippen LogP) is 3.00. The van der Waals surface area contributed by atoms with Crippen LogP contribution in [-0.2, 0) is 6.54 Å². The van der Waals surface area contributed by atoms with Gasteiger partial charge in [-0.25, -0.2) is 4.98 Å². The summed E-state index contributed by atoms with van der Waals surface area (Å²) >= 11 is 1.78. The van der Waals surface area contributed by atoms with E-state index < -0.39 is 0 Å². The first kappa shape index (κ1) is 14.0. The molecular weight excluding hydrogens is 244 g/mol. The molecule has 0 aliphatic carbocycles. The Bertz CT molecular complexity index is 364. The van der Waals surface area contributed by atoms with E-state index in [4.69, 9.17) is 10.1 Å². The zero-order chi connectivity index (χ0) is 13.0. The first-order chi connectivity index (χ1) is 8.70. The number of aliphatic hydroxyl groups is 1. The van der Waals surface area contributed by atoms with Crippen molar-refractivity contribution in [1.29, 1.82) is 0 Å². The Kier molecular flexibility index (Phi) is 5.15. The van der Waals surface area contributed by atoms with Gasteiger partial charge >= 0.3 is 0 Å². The molecule has 1 aromatic heterocycles. The normalized spacial score (nSPS) is 21.0. The van der Waals surface area contributed by atoms with Crippen LogP contribution < -0.4 is 0 Å². The molecular formula is C14H24N2OS. The fourth-order valence-corrected chi connectivity index (χ4v) is 3.45. The Labute approximate surface area is 114 Å². The molecule has 3 nitrogen and oxygen atoms in total. The van der Waals surface area contributed by atoms with Crippen molar-refractivity contribution in [3.63, 3.8) is 0 Å². The molecule has 1 fully saturated rings. The minimum atomic E-state index is 0.318. The average molecular weight is 268 g/mol. The highest BCUT2D eigenvalue weighted by molar-refractivity contribution is 7.09. The van der Waals surface area contributed by atoms with Gasteiger partial charge in [0.05, 0.1) is 10.7 Å². The van der Waals surface area contributed by atoms with Gasteiger partial charge in [-0.05, 0) is 32.2 Å². The number of aromatic nitrogens is 1. The van der Waals surface area contributed by atoms with Gasteiger partial charge in [-0.15, -0.1) is 11.3 Å². The number of nitrogens with zero attached hydrogens (tertiary/aromatic N) is 2. The van der Waals surface area contributed by atoms with Crippen LogP contribution in [0.1, 0.15) is 56.2 Å². The third-order valence-electron chi connectivity index (χ3n) is 3.62. The lowest BCUT2D eigenvalue weighted by atomic mass is 10.1. The molecule has 1 atom stereocenters. The Balaban J connectivity index is 1.90. The van der Waals surface area contributed by atoms with Crippen molar-refractivity contribution in [3.8, 4) is 0 Å². The standard InChI is InChI=1S/C14H24N2OS/c1-11(2)14-15-12(10-18-14)9-16-7-3-5-13(16)6-4-8-17/h10-11,13,17H,3-9H2,1-2H3. The third-order valence-corrected chi connectivity index (χ3v) is 4.82. The van der Waals surface area contributed by atoms with E-state index in [1.165, 1.54) is 30.1 Å². The van der Waals surface area contributed by atoms with Crippen LogP contribution >= 0.6 is 11.3 Å². The number of likely N-dealkylation sites (tertiary alicyclic amines) is 1. The van der Waals surface area contributed by atoms with Gasteiger partial charge in [0.1, 0.15) is 0 Å². The fourth-order valence-electron chi connectivity index (χ4n) is 2.63. The van der Waals surface area contributed by atoms with E-state index in [1.54, 1.807) is 11.3 Å². The molecule has 1 unspecified atom stereocenters. The predicted molar refractivity (Wildman–Crippen MR) is 76.0 cm³/mol. The van der Waals surface area contributed by atoms with Gasteiger partial charge < -0.3 is 5.11 Å². The maximum atomic E-state index is 8.94. The quantitative estimate of drug-likeness (QED) is 0.861. The molecule has 0 spiro atoms. The van der Waals surface area contributed by atoms with Crippen molar-refractivity contribution < 1.29 is 5.11 Å². The van der Waals surface area contributed by atoms with E-state index in [-0.39, 0.29) is 0 Å². The summed E-state index contributed by atoms with van der Waals surface area (Å²) in [5.74, 6) is 0.535. The van der Waals surface area contributed by atoms with E-state index in [0.29, 0.717) is 18.6 Å². The molecule has 0 amide bonds. The highest BCUT2D eigenvalue weighted by Gasteiger charge is 2.24. The largest absolute Gasteiger partial charge is 0.396 e. The summed E-state index contributed by atoms with van der Waals surface area (Å²) in [7, 11) is 0. The van der Waals surface area contributed by atoms with Gasteiger partial charge in [0, 0.05) is 30.5 Å². The maximum absolute atomic E-state index is 8.94. The summed E-state index contributed by atoms with van der Waals surface area (Å²) in [6.45, 7) is 6.88. The lowest BCUT2D eigenvalue weighted by Gasteiger charge is -2.23. The summed E-state index contributed by atoms with van der Waals surface area (Å²) in [6, 6.07) is 0.654. The summed E-state index contributed by atoms with van der Waals surface area (Å²) in [5.41, 5.74) is 1.22. The van der Waals surface area contributed by atoms with Gasteiger partial charge in [-0.1, -0.05) is 13.8 Å². The van der Waals surface area contributed by atoms with E-state index in [0.717, 1.165) is 19.4 Å². The Hall–Kier alpha value is -0.450. The number of rotatable bonds is 6. The molecule has 102 valence electrons. The summed E-state index contributed by atoms with van der Waals surface area (Å²) in [5, 5.41) is 12.4. The van der Waals surface area contributed by atoms with Crippen LogP contribution in [-0.4, -0.2) is 34.2 Å². The lowest BCUT2D eigenvalue weighted by molar-refractivity contribution is 0.208. The van der Waals surface area contributed by atoms with Gasteiger partial charge in [-0.3, -0.25) is 4.90 Å². The van der Waals surface area contributed by atoms with Crippen molar-refractivity contribution in [2.45, 2.75) is 58.0 Å². The molecule has 0 aromatic carbocycles. The molecule has 2 heterocycles. The zero-order valence-corrected chi connectivity index (χ0v) is 12.2. The van der Waals surface area contributed by atoms with E-state index in [9.17, 15) is 0 Å². The molecule has 4 heteroatoms. The SMILES string of the molecule is CC(C)c1nc(CN2CCCC2CCCO)cs1. The van der Waals surface area contributed by atoms with Gasteiger partial charge in [0.25, 0.3) is 0 Å². The van der Waals surface area contributed by atoms with Crippen molar-refractivity contribution in [1.82, 2.24) is 9.88 Å². The maximum Gasteiger partial charge on any atom is 0.0954 e. The molecule has 1 aliphatic rings. The number of aliphatic hydroxyl groups excluding tert-OH is 1. The Morgan fingerprint density at radius 1 is 1.56 bits per heavy atom. The van der Waals surface area contributed by atoms with Crippen LogP contribution in [0.4, 0.5) is 0 Å². The monoisotopic (exact) mass is 268 g/mol. The first-order valence-electron chi connectivity index (χ1n) is 7.00. The van der Waals surface area contributed by atoms with Crippen molar-refractivity contribution in [2.75, 3.05) is 13.2 Å². The van der Waals surface area contributed by atoms with E-state index in [1.807, 2.05) is 0 Å². The van der Waals surface area contributed by atoms with E-state index in [2.05, 4.69) is 24.1 Å². The summed E-state index contributed by atoms with van der Waals surface area (Å²) < 4.78 is 0. The third kappa shape index (κ3) is 3.53.